The van der Waals surface area contributed by atoms with E-state index in [1.807, 2.05) is 61.5 Å². The van der Waals surface area contributed by atoms with Crippen LogP contribution in [-0.4, -0.2) is 12.5 Å². The zero-order valence-electron chi connectivity index (χ0n) is 14.8. The normalized spacial score (nSPS) is 11.7. The zero-order chi connectivity index (χ0) is 19.2. The van der Waals surface area contributed by atoms with E-state index in [-0.39, 0.29) is 18.6 Å². The van der Waals surface area contributed by atoms with Crippen LogP contribution in [-0.2, 0) is 4.79 Å². The highest BCUT2D eigenvalue weighted by Crippen LogP contribution is 2.28. The molecule has 1 unspecified atom stereocenters. The molecular weight excluding hydrogens is 381 g/mol. The van der Waals surface area contributed by atoms with Crippen LogP contribution in [0.2, 0.25) is 10.0 Å². The highest BCUT2D eigenvalue weighted by Gasteiger charge is 2.19. The number of carbonyl (C=O) groups is 1. The maximum absolute atomic E-state index is 12.6. The number of ether oxygens (including phenoxy) is 1. The molecule has 0 saturated carbocycles. The highest BCUT2D eigenvalue weighted by molar-refractivity contribution is 6.35. The van der Waals surface area contributed by atoms with Crippen LogP contribution in [0.25, 0.3) is 0 Å². The van der Waals surface area contributed by atoms with Crippen molar-refractivity contribution in [3.05, 3.63) is 99.5 Å². The average molecular weight is 400 g/mol. The Hall–Kier alpha value is -2.49. The molecule has 3 aromatic rings. The Morgan fingerprint density at radius 1 is 1.00 bits per heavy atom. The van der Waals surface area contributed by atoms with Crippen LogP contribution in [0.15, 0.2) is 72.8 Å². The Morgan fingerprint density at radius 2 is 1.70 bits per heavy atom. The Kier molecular flexibility index (Phi) is 6.38. The van der Waals surface area contributed by atoms with Crippen LogP contribution in [0.4, 0.5) is 0 Å². The standard InChI is InChI=1S/C22H19Cl2NO2/c1-15-7-5-6-10-18(15)22(16-8-3-2-4-9-16)25-21(26)14-27-20-12-11-17(23)13-19(20)24/h2-13,22H,14H2,1H3,(H,25,26). The van der Waals surface area contributed by atoms with E-state index in [4.69, 9.17) is 27.9 Å². The maximum Gasteiger partial charge on any atom is 0.258 e. The van der Waals surface area contributed by atoms with Gasteiger partial charge in [-0.15, -0.1) is 0 Å². The first-order chi connectivity index (χ1) is 13.0. The van der Waals surface area contributed by atoms with Gasteiger partial charge in [-0.1, -0.05) is 77.8 Å². The van der Waals surface area contributed by atoms with Gasteiger partial charge in [-0.2, -0.15) is 0 Å². The molecule has 0 aromatic heterocycles. The van der Waals surface area contributed by atoms with Crippen molar-refractivity contribution in [2.45, 2.75) is 13.0 Å². The molecule has 0 spiro atoms. The van der Waals surface area contributed by atoms with Gasteiger partial charge in [-0.3, -0.25) is 4.79 Å². The molecule has 1 N–H and O–H groups in total. The molecule has 0 aliphatic carbocycles. The minimum atomic E-state index is -0.260. The zero-order valence-corrected chi connectivity index (χ0v) is 16.3. The average Bonchev–Trinajstić information content (AvgIpc) is 2.67. The van der Waals surface area contributed by atoms with Gasteiger partial charge >= 0.3 is 0 Å². The van der Waals surface area contributed by atoms with E-state index in [1.54, 1.807) is 18.2 Å². The van der Waals surface area contributed by atoms with Gasteiger partial charge in [0.2, 0.25) is 0 Å². The van der Waals surface area contributed by atoms with E-state index in [0.717, 1.165) is 16.7 Å². The van der Waals surface area contributed by atoms with E-state index in [9.17, 15) is 4.79 Å². The molecule has 0 bridgehead atoms. The predicted molar refractivity (Wildman–Crippen MR) is 110 cm³/mol. The minimum Gasteiger partial charge on any atom is -0.482 e. The lowest BCUT2D eigenvalue weighted by Crippen LogP contribution is -2.33. The molecule has 0 fully saturated rings. The first kappa shape index (κ1) is 19.3. The summed E-state index contributed by atoms with van der Waals surface area (Å²) in [7, 11) is 0. The molecule has 0 saturated heterocycles. The van der Waals surface area contributed by atoms with E-state index in [2.05, 4.69) is 5.32 Å². The molecule has 3 aromatic carbocycles. The fraction of sp³-hybridized carbons (Fsp3) is 0.136. The number of halogens is 2. The largest absolute Gasteiger partial charge is 0.482 e. The third-order valence-electron chi connectivity index (χ3n) is 4.19. The van der Waals surface area contributed by atoms with Crippen molar-refractivity contribution >= 4 is 29.1 Å². The summed E-state index contributed by atoms with van der Waals surface area (Å²) in [5.74, 6) is 0.182. The molecule has 1 amide bonds. The molecule has 3 nitrogen and oxygen atoms in total. The maximum atomic E-state index is 12.6. The molecule has 1 atom stereocenters. The van der Waals surface area contributed by atoms with Crippen molar-refractivity contribution in [3.8, 4) is 5.75 Å². The molecule has 0 aliphatic heterocycles. The fourth-order valence-electron chi connectivity index (χ4n) is 2.84. The third-order valence-corrected chi connectivity index (χ3v) is 4.72. The second kappa shape index (κ2) is 8.94. The summed E-state index contributed by atoms with van der Waals surface area (Å²) in [5.41, 5.74) is 3.15. The first-order valence-electron chi connectivity index (χ1n) is 8.52. The van der Waals surface area contributed by atoms with Crippen LogP contribution in [0.5, 0.6) is 5.75 Å². The smallest absolute Gasteiger partial charge is 0.258 e. The van der Waals surface area contributed by atoms with Crippen molar-refractivity contribution in [2.24, 2.45) is 0 Å². The van der Waals surface area contributed by atoms with Crippen molar-refractivity contribution in [1.82, 2.24) is 5.32 Å². The molecule has 0 aliphatic rings. The van der Waals surface area contributed by atoms with Crippen LogP contribution in [0.3, 0.4) is 0 Å². The number of carbonyl (C=O) groups excluding carboxylic acids is 1. The van der Waals surface area contributed by atoms with Crippen molar-refractivity contribution < 1.29 is 9.53 Å². The summed E-state index contributed by atoms with van der Waals surface area (Å²) in [6.45, 7) is 1.89. The van der Waals surface area contributed by atoms with Gasteiger partial charge < -0.3 is 10.1 Å². The number of hydrogen-bond acceptors (Lipinski definition) is 2. The number of amides is 1. The van der Waals surface area contributed by atoms with E-state index < -0.39 is 0 Å². The van der Waals surface area contributed by atoms with Crippen molar-refractivity contribution in [3.63, 3.8) is 0 Å². The van der Waals surface area contributed by atoms with Crippen molar-refractivity contribution in [1.29, 1.82) is 0 Å². The Bertz CT molecular complexity index is 929. The molecule has 5 heteroatoms. The summed E-state index contributed by atoms with van der Waals surface area (Å²) in [5, 5.41) is 3.94. The van der Waals surface area contributed by atoms with E-state index in [1.165, 1.54) is 0 Å². The molecule has 138 valence electrons. The lowest BCUT2D eigenvalue weighted by molar-refractivity contribution is -0.123. The highest BCUT2D eigenvalue weighted by atomic mass is 35.5. The Morgan fingerprint density at radius 3 is 2.41 bits per heavy atom. The minimum absolute atomic E-state index is 0.142. The third kappa shape index (κ3) is 5.03. The molecule has 3 rings (SSSR count). The molecular formula is C22H19Cl2NO2. The first-order valence-corrected chi connectivity index (χ1v) is 9.28. The topological polar surface area (TPSA) is 38.3 Å². The van der Waals surface area contributed by atoms with Crippen LogP contribution in [0, 0.1) is 6.92 Å². The summed E-state index contributed by atoms with van der Waals surface area (Å²) in [6.07, 6.45) is 0. The van der Waals surface area contributed by atoms with Gasteiger partial charge in [0.15, 0.2) is 6.61 Å². The Labute approximate surface area is 168 Å². The number of aryl methyl sites for hydroxylation is 1. The number of rotatable bonds is 6. The molecule has 0 heterocycles. The monoisotopic (exact) mass is 399 g/mol. The Balaban J connectivity index is 1.76. The number of hydrogen-bond donors (Lipinski definition) is 1. The van der Waals surface area contributed by atoms with Crippen LogP contribution in [0.1, 0.15) is 22.7 Å². The SMILES string of the molecule is Cc1ccccc1C(NC(=O)COc1ccc(Cl)cc1Cl)c1ccccc1. The summed E-state index contributed by atoms with van der Waals surface area (Å²) in [4.78, 5) is 12.6. The van der Waals surface area contributed by atoms with Gasteiger partial charge in [0.05, 0.1) is 11.1 Å². The van der Waals surface area contributed by atoms with E-state index >= 15 is 0 Å². The predicted octanol–water partition coefficient (Wildman–Crippen LogP) is 5.59. The molecule has 0 radical (unpaired) electrons. The fourth-order valence-corrected chi connectivity index (χ4v) is 3.30. The lowest BCUT2D eigenvalue weighted by Gasteiger charge is -2.22. The lowest BCUT2D eigenvalue weighted by atomic mass is 9.95. The van der Waals surface area contributed by atoms with E-state index in [0.29, 0.717) is 15.8 Å². The van der Waals surface area contributed by atoms with Gasteiger partial charge in [0.25, 0.3) is 5.91 Å². The number of benzene rings is 3. The molecule has 27 heavy (non-hydrogen) atoms. The van der Waals surface area contributed by atoms with Crippen LogP contribution < -0.4 is 10.1 Å². The second-order valence-corrected chi connectivity index (χ2v) is 6.97. The van der Waals surface area contributed by atoms with Gasteiger partial charge in [0.1, 0.15) is 5.75 Å². The van der Waals surface area contributed by atoms with Gasteiger partial charge in [-0.25, -0.2) is 0 Å². The van der Waals surface area contributed by atoms with Crippen molar-refractivity contribution in [2.75, 3.05) is 6.61 Å². The summed E-state index contributed by atoms with van der Waals surface area (Å²) in [6, 6.07) is 22.5. The quantitative estimate of drug-likeness (QED) is 0.586. The van der Waals surface area contributed by atoms with Crippen LogP contribution >= 0.6 is 23.2 Å². The summed E-state index contributed by atoms with van der Waals surface area (Å²) < 4.78 is 5.55. The van der Waals surface area contributed by atoms with Gasteiger partial charge in [0, 0.05) is 5.02 Å². The van der Waals surface area contributed by atoms with Gasteiger partial charge in [-0.05, 0) is 41.8 Å². The number of nitrogens with one attached hydrogen (secondary N) is 1. The summed E-state index contributed by atoms with van der Waals surface area (Å²) >= 11 is 12.0. The second-order valence-electron chi connectivity index (χ2n) is 6.13.